The minimum Gasteiger partial charge on any atom is -0.388 e. The lowest BCUT2D eigenvalue weighted by atomic mass is 9.94. The number of nitrogens with one attached hydrogen (secondary N) is 1. The molecule has 1 saturated heterocycles. The molecule has 2 saturated carbocycles. The summed E-state index contributed by atoms with van der Waals surface area (Å²) in [4.78, 5) is 12.0. The van der Waals surface area contributed by atoms with E-state index in [1.165, 1.54) is 19.3 Å². The van der Waals surface area contributed by atoms with Gasteiger partial charge in [0.2, 0.25) is 5.91 Å². The van der Waals surface area contributed by atoms with E-state index in [1.54, 1.807) is 0 Å². The van der Waals surface area contributed by atoms with Gasteiger partial charge in [-0.2, -0.15) is 0 Å². The SMILES string of the molecule is O=C(NCC1(O)CCOCC1)C1C2CCCC21. The zero-order valence-electron chi connectivity index (χ0n) is 10.2. The number of hydrogen-bond donors (Lipinski definition) is 2. The van der Waals surface area contributed by atoms with Crippen molar-refractivity contribution in [3.63, 3.8) is 0 Å². The molecule has 0 bridgehead atoms. The van der Waals surface area contributed by atoms with Crippen LogP contribution in [0.25, 0.3) is 0 Å². The highest BCUT2D eigenvalue weighted by Gasteiger charge is 2.56. The van der Waals surface area contributed by atoms with E-state index < -0.39 is 5.60 Å². The minimum atomic E-state index is -0.738. The van der Waals surface area contributed by atoms with E-state index >= 15 is 0 Å². The van der Waals surface area contributed by atoms with Crippen LogP contribution in [0.3, 0.4) is 0 Å². The van der Waals surface area contributed by atoms with E-state index in [0.29, 0.717) is 44.4 Å². The number of hydrogen-bond acceptors (Lipinski definition) is 3. The van der Waals surface area contributed by atoms with Crippen molar-refractivity contribution in [2.24, 2.45) is 17.8 Å². The number of fused-ring (bicyclic) bond motifs is 1. The molecule has 3 rings (SSSR count). The zero-order chi connectivity index (χ0) is 11.9. The second kappa shape index (κ2) is 4.25. The maximum absolute atomic E-state index is 12.0. The summed E-state index contributed by atoms with van der Waals surface area (Å²) >= 11 is 0. The second-order valence-corrected chi connectivity index (χ2v) is 5.84. The van der Waals surface area contributed by atoms with Crippen molar-refractivity contribution in [3.8, 4) is 0 Å². The van der Waals surface area contributed by atoms with Crippen LogP contribution in [0.5, 0.6) is 0 Å². The van der Waals surface area contributed by atoms with Crippen LogP contribution in [0.4, 0.5) is 0 Å². The van der Waals surface area contributed by atoms with E-state index in [2.05, 4.69) is 5.32 Å². The second-order valence-electron chi connectivity index (χ2n) is 5.84. The summed E-state index contributed by atoms with van der Waals surface area (Å²) in [5.74, 6) is 1.73. The highest BCUT2D eigenvalue weighted by molar-refractivity contribution is 5.82. The van der Waals surface area contributed by atoms with Gasteiger partial charge in [-0.15, -0.1) is 0 Å². The van der Waals surface area contributed by atoms with Crippen LogP contribution in [0.2, 0.25) is 0 Å². The van der Waals surface area contributed by atoms with Crippen LogP contribution in [0.15, 0.2) is 0 Å². The number of aliphatic hydroxyl groups is 1. The molecule has 2 aliphatic carbocycles. The molecule has 0 aromatic rings. The highest BCUT2D eigenvalue weighted by Crippen LogP contribution is 2.57. The normalized spacial score (nSPS) is 38.5. The first-order chi connectivity index (χ1) is 8.20. The van der Waals surface area contributed by atoms with Gasteiger partial charge in [0.15, 0.2) is 0 Å². The first-order valence-corrected chi connectivity index (χ1v) is 6.77. The van der Waals surface area contributed by atoms with Gasteiger partial charge in [0.1, 0.15) is 0 Å². The Morgan fingerprint density at radius 3 is 2.59 bits per heavy atom. The Labute approximate surface area is 102 Å². The van der Waals surface area contributed by atoms with Crippen LogP contribution in [0.1, 0.15) is 32.1 Å². The fraction of sp³-hybridized carbons (Fsp3) is 0.923. The highest BCUT2D eigenvalue weighted by atomic mass is 16.5. The van der Waals surface area contributed by atoms with Gasteiger partial charge in [0.05, 0.1) is 5.60 Å². The molecule has 96 valence electrons. The minimum absolute atomic E-state index is 0.166. The molecular weight excluding hydrogens is 218 g/mol. The maximum Gasteiger partial charge on any atom is 0.223 e. The van der Waals surface area contributed by atoms with E-state index in [4.69, 9.17) is 4.74 Å². The van der Waals surface area contributed by atoms with Gasteiger partial charge >= 0.3 is 0 Å². The Kier molecular flexibility index (Phi) is 2.87. The molecule has 4 nitrogen and oxygen atoms in total. The van der Waals surface area contributed by atoms with Crippen LogP contribution >= 0.6 is 0 Å². The van der Waals surface area contributed by atoms with Crippen LogP contribution in [-0.4, -0.2) is 36.4 Å². The number of carbonyl (C=O) groups is 1. The quantitative estimate of drug-likeness (QED) is 0.762. The van der Waals surface area contributed by atoms with Crippen molar-refractivity contribution >= 4 is 5.91 Å². The molecule has 2 N–H and O–H groups in total. The average molecular weight is 239 g/mol. The number of carbonyl (C=O) groups excluding carboxylic acids is 1. The molecule has 0 spiro atoms. The third kappa shape index (κ3) is 2.20. The lowest BCUT2D eigenvalue weighted by Crippen LogP contribution is -2.47. The fourth-order valence-electron chi connectivity index (χ4n) is 3.51. The standard InChI is InChI=1S/C13H21NO3/c15-12(11-9-2-1-3-10(9)11)14-8-13(16)4-6-17-7-5-13/h9-11,16H,1-8H2,(H,14,15). The molecule has 3 fully saturated rings. The third-order valence-corrected chi connectivity index (χ3v) is 4.72. The molecule has 0 radical (unpaired) electrons. The largest absolute Gasteiger partial charge is 0.388 e. The molecule has 4 heteroatoms. The predicted octanol–water partition coefficient (Wildman–Crippen LogP) is 0.690. The Balaban J connectivity index is 1.46. The smallest absolute Gasteiger partial charge is 0.223 e. The van der Waals surface area contributed by atoms with Gasteiger partial charge in [-0.05, 0) is 24.7 Å². The predicted molar refractivity (Wildman–Crippen MR) is 62.3 cm³/mol. The fourth-order valence-corrected chi connectivity index (χ4v) is 3.51. The van der Waals surface area contributed by atoms with Crippen molar-refractivity contribution in [2.75, 3.05) is 19.8 Å². The molecule has 17 heavy (non-hydrogen) atoms. The van der Waals surface area contributed by atoms with E-state index in [-0.39, 0.29) is 11.8 Å². The lowest BCUT2D eigenvalue weighted by molar-refractivity contribution is -0.125. The Hall–Kier alpha value is -0.610. The summed E-state index contributed by atoms with van der Waals surface area (Å²) in [5.41, 5.74) is -0.738. The monoisotopic (exact) mass is 239 g/mol. The van der Waals surface area contributed by atoms with Crippen molar-refractivity contribution < 1.29 is 14.6 Å². The van der Waals surface area contributed by atoms with Crippen LogP contribution in [0, 0.1) is 17.8 Å². The summed E-state index contributed by atoms with van der Waals surface area (Å²) in [6, 6.07) is 0. The van der Waals surface area contributed by atoms with Crippen molar-refractivity contribution in [2.45, 2.75) is 37.7 Å². The molecule has 0 aromatic heterocycles. The number of rotatable bonds is 3. The average Bonchev–Trinajstić information content (AvgIpc) is 2.81. The maximum atomic E-state index is 12.0. The van der Waals surface area contributed by atoms with Gasteiger partial charge in [0, 0.05) is 38.5 Å². The van der Waals surface area contributed by atoms with Gasteiger partial charge in [-0.3, -0.25) is 4.79 Å². The molecule has 1 aliphatic heterocycles. The third-order valence-electron chi connectivity index (χ3n) is 4.72. The summed E-state index contributed by atoms with van der Waals surface area (Å²) in [5, 5.41) is 13.2. The number of ether oxygens (including phenoxy) is 1. The lowest BCUT2D eigenvalue weighted by Gasteiger charge is -2.32. The van der Waals surface area contributed by atoms with Crippen molar-refractivity contribution in [1.29, 1.82) is 0 Å². The Bertz CT molecular complexity index is 302. The topological polar surface area (TPSA) is 58.6 Å². The molecular formula is C13H21NO3. The van der Waals surface area contributed by atoms with E-state index in [9.17, 15) is 9.90 Å². The Morgan fingerprint density at radius 2 is 1.94 bits per heavy atom. The molecule has 1 amide bonds. The first-order valence-electron chi connectivity index (χ1n) is 6.77. The summed E-state index contributed by atoms with van der Waals surface area (Å²) in [7, 11) is 0. The summed E-state index contributed by atoms with van der Waals surface area (Å²) < 4.78 is 5.22. The summed E-state index contributed by atoms with van der Waals surface area (Å²) in [6.07, 6.45) is 5.00. The van der Waals surface area contributed by atoms with Gasteiger partial charge in [-0.25, -0.2) is 0 Å². The van der Waals surface area contributed by atoms with Gasteiger partial charge in [0.25, 0.3) is 0 Å². The first kappa shape index (κ1) is 11.5. The van der Waals surface area contributed by atoms with Crippen LogP contribution < -0.4 is 5.32 Å². The van der Waals surface area contributed by atoms with E-state index in [0.717, 1.165) is 0 Å². The van der Waals surface area contributed by atoms with Gasteiger partial charge < -0.3 is 15.2 Å². The molecule has 1 heterocycles. The zero-order valence-corrected chi connectivity index (χ0v) is 10.2. The molecule has 0 aromatic carbocycles. The van der Waals surface area contributed by atoms with Crippen molar-refractivity contribution in [1.82, 2.24) is 5.32 Å². The van der Waals surface area contributed by atoms with Gasteiger partial charge in [-0.1, -0.05) is 6.42 Å². The molecule has 2 unspecified atom stereocenters. The molecule has 3 aliphatic rings. The van der Waals surface area contributed by atoms with E-state index in [1.807, 2.05) is 0 Å². The number of amides is 1. The Morgan fingerprint density at radius 1 is 1.29 bits per heavy atom. The van der Waals surface area contributed by atoms with Crippen molar-refractivity contribution in [3.05, 3.63) is 0 Å². The summed E-state index contributed by atoms with van der Waals surface area (Å²) in [6.45, 7) is 1.59. The molecule has 2 atom stereocenters. The van der Waals surface area contributed by atoms with Crippen LogP contribution in [-0.2, 0) is 9.53 Å².